The number of amidine groups is 1. The van der Waals surface area contributed by atoms with Gasteiger partial charge in [-0.05, 0) is 50.0 Å². The molecule has 1 aliphatic rings. The molecular formula is C25H39N5O2S. The quantitative estimate of drug-likeness (QED) is 0.440. The van der Waals surface area contributed by atoms with Crippen molar-refractivity contribution in [2.75, 3.05) is 31.1 Å². The number of hydrogen-bond acceptors (Lipinski definition) is 7. The summed E-state index contributed by atoms with van der Waals surface area (Å²) in [5.74, 6) is 5.15. The smallest absolute Gasteiger partial charge is 0.199 e. The summed E-state index contributed by atoms with van der Waals surface area (Å²) < 4.78 is 6.16. The lowest BCUT2D eigenvalue weighted by molar-refractivity contribution is 0.108. The number of hydroxylamine groups is 1. The monoisotopic (exact) mass is 473 g/mol. The molecule has 0 saturated carbocycles. The summed E-state index contributed by atoms with van der Waals surface area (Å²) in [6.45, 7) is 11.0. The highest BCUT2D eigenvalue weighted by Crippen LogP contribution is 2.29. The molecule has 8 heteroatoms. The maximum Gasteiger partial charge on any atom is 0.199 e. The Morgan fingerprint density at radius 3 is 2.82 bits per heavy atom. The third-order valence-corrected chi connectivity index (χ3v) is 7.09. The van der Waals surface area contributed by atoms with Crippen LogP contribution in [-0.4, -0.2) is 59.2 Å². The Labute approximate surface area is 202 Å². The molecule has 1 aromatic carbocycles. The van der Waals surface area contributed by atoms with Crippen LogP contribution >= 0.6 is 11.8 Å². The first-order valence-electron chi connectivity index (χ1n) is 12.1. The number of nitrogens with zero attached hydrogens (tertiary/aromatic N) is 3. The van der Waals surface area contributed by atoms with Gasteiger partial charge in [0.05, 0.1) is 5.75 Å². The van der Waals surface area contributed by atoms with Gasteiger partial charge in [-0.1, -0.05) is 39.0 Å². The van der Waals surface area contributed by atoms with E-state index in [0.717, 1.165) is 78.9 Å². The molecule has 0 spiro atoms. The van der Waals surface area contributed by atoms with Gasteiger partial charge >= 0.3 is 0 Å². The van der Waals surface area contributed by atoms with E-state index in [9.17, 15) is 5.21 Å². The van der Waals surface area contributed by atoms with Gasteiger partial charge in [-0.2, -0.15) is 17.2 Å². The van der Waals surface area contributed by atoms with E-state index in [1.165, 1.54) is 0 Å². The molecule has 0 aliphatic carbocycles. The van der Waals surface area contributed by atoms with Gasteiger partial charge in [0.1, 0.15) is 23.3 Å². The van der Waals surface area contributed by atoms with Crippen molar-refractivity contribution in [2.45, 2.75) is 59.0 Å². The van der Waals surface area contributed by atoms with Crippen molar-refractivity contribution in [3.8, 4) is 0 Å². The van der Waals surface area contributed by atoms with Crippen molar-refractivity contribution in [1.82, 2.24) is 15.7 Å². The van der Waals surface area contributed by atoms with Crippen molar-refractivity contribution in [2.24, 2.45) is 15.9 Å². The number of fused-ring (bicyclic) bond motifs is 1. The van der Waals surface area contributed by atoms with E-state index in [1.54, 1.807) is 0 Å². The van der Waals surface area contributed by atoms with E-state index in [-0.39, 0.29) is 12.1 Å². The van der Waals surface area contributed by atoms with Crippen molar-refractivity contribution < 1.29 is 9.62 Å². The van der Waals surface area contributed by atoms with E-state index in [2.05, 4.69) is 47.7 Å². The molecule has 33 heavy (non-hydrogen) atoms. The lowest BCUT2D eigenvalue weighted by atomic mass is 9.99. The van der Waals surface area contributed by atoms with Crippen molar-refractivity contribution in [3.05, 3.63) is 36.1 Å². The number of aliphatic imine (C=N–C) groups is 2. The Hall–Kier alpha value is -2.03. The van der Waals surface area contributed by atoms with Crippen LogP contribution in [0.2, 0.25) is 0 Å². The molecule has 182 valence electrons. The molecule has 2 atom stereocenters. The number of nitrogens with one attached hydrogen (secondary N) is 2. The third-order valence-electron chi connectivity index (χ3n) is 6.03. The summed E-state index contributed by atoms with van der Waals surface area (Å²) in [5.41, 5.74) is 3.29. The summed E-state index contributed by atoms with van der Waals surface area (Å²) in [4.78, 5) is 11.9. The number of benzene rings is 1. The van der Waals surface area contributed by atoms with Crippen LogP contribution in [0.25, 0.3) is 11.0 Å². The summed E-state index contributed by atoms with van der Waals surface area (Å²) in [6, 6.07) is 10.4. The first-order chi connectivity index (χ1) is 16.0. The highest BCUT2D eigenvalue weighted by atomic mass is 32.2. The minimum absolute atomic E-state index is 0.179. The fourth-order valence-corrected chi connectivity index (χ4v) is 4.76. The Morgan fingerprint density at radius 1 is 1.30 bits per heavy atom. The van der Waals surface area contributed by atoms with Crippen LogP contribution in [0, 0.1) is 5.92 Å². The molecule has 0 bridgehead atoms. The topological polar surface area (TPSA) is 85.4 Å². The van der Waals surface area contributed by atoms with E-state index in [1.807, 2.05) is 37.7 Å². The van der Waals surface area contributed by atoms with Gasteiger partial charge in [0, 0.05) is 30.9 Å². The molecule has 2 aromatic rings. The Balaban J connectivity index is 1.73. The fourth-order valence-electron chi connectivity index (χ4n) is 3.95. The van der Waals surface area contributed by atoms with Crippen LogP contribution in [0.3, 0.4) is 0 Å². The zero-order chi connectivity index (χ0) is 23.6. The second kappa shape index (κ2) is 13.0. The van der Waals surface area contributed by atoms with Crippen LogP contribution in [0.4, 0.5) is 0 Å². The molecule has 1 aromatic heterocycles. The number of rotatable bonds is 9. The van der Waals surface area contributed by atoms with E-state index < -0.39 is 0 Å². The van der Waals surface area contributed by atoms with Crippen molar-refractivity contribution in [3.63, 3.8) is 0 Å². The molecule has 2 heterocycles. The van der Waals surface area contributed by atoms with E-state index >= 15 is 0 Å². The molecule has 7 nitrogen and oxygen atoms in total. The largest absolute Gasteiger partial charge is 0.461 e. The van der Waals surface area contributed by atoms with Crippen LogP contribution in [0.5, 0.6) is 0 Å². The molecule has 0 radical (unpaired) electrons. The highest BCUT2D eigenvalue weighted by molar-refractivity contribution is 7.99. The Bertz CT molecular complexity index is 893. The van der Waals surface area contributed by atoms with Crippen LogP contribution in [0.15, 0.2) is 44.7 Å². The van der Waals surface area contributed by atoms with Crippen LogP contribution in [-0.2, 0) is 0 Å². The standard InChI is InChI=1S/C25H39N5O2S/c1-5-19(22-16-20-10-7-8-11-21(20)32-22)12-14-30(6-2)25-26-13-9-15-33-17-23(28-25)27-24(29-31)18(3)4/h7-8,10-11,16,18-19,24,29,31H,5-6,9,12-15,17H2,1-4H3,(H,26,27,28). The number of guanidine groups is 1. The second-order valence-electron chi connectivity index (χ2n) is 8.79. The van der Waals surface area contributed by atoms with Gasteiger partial charge in [0.25, 0.3) is 0 Å². The van der Waals surface area contributed by atoms with Gasteiger partial charge in [-0.25, -0.2) is 0 Å². The number of hydrogen-bond donors (Lipinski definition) is 3. The fraction of sp³-hybridized carbons (Fsp3) is 0.600. The molecule has 3 rings (SSSR count). The maximum absolute atomic E-state index is 9.52. The SMILES string of the molecule is CCC(CCN(CC)C1=NCCCSC/C(=N/C(NO)C(C)C)N1)c1cc2ccccc2o1. The molecule has 0 saturated heterocycles. The zero-order valence-electron chi connectivity index (χ0n) is 20.4. The molecule has 0 fully saturated rings. The number of furan rings is 1. The molecular weight excluding hydrogens is 434 g/mol. The van der Waals surface area contributed by atoms with Gasteiger partial charge in [-0.3, -0.25) is 9.98 Å². The van der Waals surface area contributed by atoms with Crippen molar-refractivity contribution in [1.29, 1.82) is 0 Å². The lowest BCUT2D eigenvalue weighted by Crippen LogP contribution is -2.46. The van der Waals surface area contributed by atoms with Crippen LogP contribution in [0.1, 0.15) is 58.6 Å². The maximum atomic E-state index is 9.52. The lowest BCUT2D eigenvalue weighted by Gasteiger charge is -2.28. The van der Waals surface area contributed by atoms with Gasteiger partial charge in [-0.15, -0.1) is 0 Å². The third kappa shape index (κ3) is 7.22. The predicted octanol–water partition coefficient (Wildman–Crippen LogP) is 5.08. The first-order valence-corrected chi connectivity index (χ1v) is 13.3. The second-order valence-corrected chi connectivity index (χ2v) is 9.90. The number of thioether (sulfide) groups is 1. The molecule has 3 N–H and O–H groups in total. The minimum Gasteiger partial charge on any atom is -0.461 e. The van der Waals surface area contributed by atoms with Crippen molar-refractivity contribution >= 4 is 34.5 Å². The average molecular weight is 474 g/mol. The Kier molecular flexibility index (Phi) is 10.1. The van der Waals surface area contributed by atoms with Gasteiger partial charge < -0.3 is 19.8 Å². The summed E-state index contributed by atoms with van der Waals surface area (Å²) in [6.07, 6.45) is 2.71. The van der Waals surface area contributed by atoms with Gasteiger partial charge in [0.15, 0.2) is 5.96 Å². The summed E-state index contributed by atoms with van der Waals surface area (Å²) >= 11 is 1.85. The van der Waals surface area contributed by atoms with Crippen LogP contribution < -0.4 is 10.8 Å². The average Bonchev–Trinajstić information content (AvgIpc) is 3.28. The normalized spacial score (nSPS) is 18.4. The van der Waals surface area contributed by atoms with E-state index in [0.29, 0.717) is 5.92 Å². The highest BCUT2D eigenvalue weighted by Gasteiger charge is 2.20. The molecule has 1 aliphatic heterocycles. The zero-order valence-corrected chi connectivity index (χ0v) is 21.2. The first kappa shape index (κ1) is 25.6. The van der Waals surface area contributed by atoms with Gasteiger partial charge in [0.2, 0.25) is 0 Å². The summed E-state index contributed by atoms with van der Waals surface area (Å²) in [5, 5.41) is 14.2. The minimum atomic E-state index is -0.345. The Morgan fingerprint density at radius 2 is 2.12 bits per heavy atom. The molecule has 2 unspecified atom stereocenters. The van der Waals surface area contributed by atoms with E-state index in [4.69, 9.17) is 14.4 Å². The number of para-hydroxylation sites is 1. The molecule has 0 amide bonds. The summed E-state index contributed by atoms with van der Waals surface area (Å²) in [7, 11) is 0. The predicted molar refractivity (Wildman–Crippen MR) is 139 cm³/mol.